The molecule has 0 fully saturated rings. The molecule has 3 aromatic carbocycles. The first-order valence-electron chi connectivity index (χ1n) is 10.8. The Hall–Kier alpha value is -3.94. The number of fused-ring (bicyclic) bond motifs is 1. The summed E-state index contributed by atoms with van der Waals surface area (Å²) in [5.41, 5.74) is 1.69. The molecule has 1 aliphatic heterocycles. The Balaban J connectivity index is 1.61. The van der Waals surface area contributed by atoms with Gasteiger partial charge in [-0.2, -0.15) is 0 Å². The van der Waals surface area contributed by atoms with E-state index in [1.165, 1.54) is 23.5 Å². The number of thiophene rings is 1. The van der Waals surface area contributed by atoms with Crippen LogP contribution in [-0.2, 0) is 4.79 Å². The zero-order valence-electron chi connectivity index (χ0n) is 18.6. The van der Waals surface area contributed by atoms with Crippen molar-refractivity contribution in [1.82, 2.24) is 0 Å². The topological polar surface area (TPSA) is 79.2 Å². The number of ether oxygens (including phenoxy) is 1. The van der Waals surface area contributed by atoms with Crippen molar-refractivity contribution in [2.75, 3.05) is 11.5 Å². The number of amides is 1. The number of amidine groups is 1. The molecule has 35 heavy (non-hydrogen) atoms. The van der Waals surface area contributed by atoms with Crippen molar-refractivity contribution >= 4 is 62.5 Å². The van der Waals surface area contributed by atoms with E-state index in [0.29, 0.717) is 39.3 Å². The highest BCUT2D eigenvalue weighted by Gasteiger charge is 2.35. The third-order valence-corrected chi connectivity index (χ3v) is 7.14. The fourth-order valence-electron chi connectivity index (χ4n) is 3.80. The molecule has 0 saturated heterocycles. The number of aromatic carboxylic acids is 1. The Morgan fingerprint density at radius 1 is 1.09 bits per heavy atom. The van der Waals surface area contributed by atoms with Gasteiger partial charge in [0.1, 0.15) is 11.4 Å². The molecule has 0 spiro atoms. The quantitative estimate of drug-likeness (QED) is 0.306. The molecule has 8 heteroatoms. The van der Waals surface area contributed by atoms with Crippen LogP contribution < -0.4 is 9.64 Å². The van der Waals surface area contributed by atoms with E-state index in [4.69, 9.17) is 26.4 Å². The lowest BCUT2D eigenvalue weighted by atomic mass is 10.1. The average molecular weight is 503 g/mol. The second-order valence-electron chi connectivity index (χ2n) is 7.70. The molecule has 5 rings (SSSR count). The summed E-state index contributed by atoms with van der Waals surface area (Å²) >= 11 is 8.23. The fraction of sp³-hybridized carbons (Fsp3) is 0.0741. The van der Waals surface area contributed by atoms with Crippen LogP contribution in [0.5, 0.6) is 5.75 Å². The van der Waals surface area contributed by atoms with Crippen molar-refractivity contribution in [2.45, 2.75) is 6.92 Å². The lowest BCUT2D eigenvalue weighted by Gasteiger charge is -2.18. The maximum absolute atomic E-state index is 13.6. The predicted octanol–water partition coefficient (Wildman–Crippen LogP) is 6.49. The highest BCUT2D eigenvalue weighted by molar-refractivity contribution is 7.21. The molecular weight excluding hydrogens is 484 g/mol. The van der Waals surface area contributed by atoms with Crippen LogP contribution in [-0.4, -0.2) is 29.4 Å². The van der Waals surface area contributed by atoms with Crippen molar-refractivity contribution in [1.29, 1.82) is 0 Å². The first kappa shape index (κ1) is 22.8. The number of hydrogen-bond donors (Lipinski definition) is 1. The van der Waals surface area contributed by atoms with Gasteiger partial charge in [0.05, 0.1) is 27.8 Å². The number of aliphatic imine (C=N–C) groups is 1. The van der Waals surface area contributed by atoms with E-state index in [1.54, 1.807) is 23.1 Å². The monoisotopic (exact) mass is 502 g/mol. The van der Waals surface area contributed by atoms with Crippen LogP contribution in [0.15, 0.2) is 83.5 Å². The number of carboxylic acids is 1. The van der Waals surface area contributed by atoms with Crippen LogP contribution in [0.4, 0.5) is 5.69 Å². The van der Waals surface area contributed by atoms with Crippen LogP contribution >= 0.6 is 22.9 Å². The predicted molar refractivity (Wildman–Crippen MR) is 140 cm³/mol. The number of rotatable bonds is 6. The van der Waals surface area contributed by atoms with Crippen molar-refractivity contribution < 1.29 is 19.4 Å². The number of anilines is 1. The number of carboxylic acid groups (broad SMARTS) is 1. The van der Waals surface area contributed by atoms with Gasteiger partial charge in [0, 0.05) is 10.1 Å². The number of benzene rings is 3. The van der Waals surface area contributed by atoms with E-state index in [9.17, 15) is 9.59 Å². The first-order chi connectivity index (χ1) is 17.0. The molecule has 0 aliphatic carbocycles. The zero-order chi connectivity index (χ0) is 24.5. The third-order valence-electron chi connectivity index (χ3n) is 5.47. The van der Waals surface area contributed by atoms with Crippen molar-refractivity contribution in [3.63, 3.8) is 0 Å². The molecule has 0 saturated carbocycles. The summed E-state index contributed by atoms with van der Waals surface area (Å²) in [6, 6.07) is 21.3. The Bertz CT molecular complexity index is 1500. The van der Waals surface area contributed by atoms with E-state index in [0.717, 1.165) is 10.1 Å². The maximum atomic E-state index is 13.6. The van der Waals surface area contributed by atoms with Gasteiger partial charge in [0.2, 0.25) is 0 Å². The molecule has 1 aromatic heterocycles. The Morgan fingerprint density at radius 3 is 2.46 bits per heavy atom. The molecular formula is C27H19ClN2O4S. The molecule has 1 amide bonds. The van der Waals surface area contributed by atoms with Gasteiger partial charge < -0.3 is 9.84 Å². The molecule has 2 heterocycles. The smallest absolute Gasteiger partial charge is 0.335 e. The largest absolute Gasteiger partial charge is 0.494 e. The van der Waals surface area contributed by atoms with E-state index >= 15 is 0 Å². The Morgan fingerprint density at radius 2 is 1.80 bits per heavy atom. The van der Waals surface area contributed by atoms with Crippen molar-refractivity contribution in [3.8, 4) is 5.75 Å². The van der Waals surface area contributed by atoms with Crippen molar-refractivity contribution in [3.05, 3.63) is 99.5 Å². The SMILES string of the molecule is CCOc1ccc(N2C(=O)/C(=C\c3ccc(C(=O)O)cc3)N=C2c2sc3ccccc3c2Cl)cc1. The normalized spacial score (nSPS) is 14.6. The van der Waals surface area contributed by atoms with E-state index in [1.807, 2.05) is 55.5 Å². The third kappa shape index (κ3) is 4.32. The maximum Gasteiger partial charge on any atom is 0.335 e. The summed E-state index contributed by atoms with van der Waals surface area (Å²) in [7, 11) is 0. The van der Waals surface area contributed by atoms with Crippen molar-refractivity contribution in [2.24, 2.45) is 4.99 Å². The second kappa shape index (κ2) is 9.37. The highest BCUT2D eigenvalue weighted by Crippen LogP contribution is 2.39. The van der Waals surface area contributed by atoms with Gasteiger partial charge >= 0.3 is 5.97 Å². The highest BCUT2D eigenvalue weighted by atomic mass is 35.5. The standard InChI is InChI=1S/C27H19ClN2O4S/c1-2-34-19-13-11-18(12-14-19)30-25(24-23(28)20-5-3-4-6-22(20)35-24)29-21(26(30)31)15-16-7-9-17(10-8-16)27(32)33/h3-15H,2H2,1H3,(H,32,33)/b21-15+. The van der Waals surface area contributed by atoms with E-state index in [-0.39, 0.29) is 17.2 Å². The molecule has 174 valence electrons. The van der Waals surface area contributed by atoms with Gasteiger partial charge in [0.25, 0.3) is 5.91 Å². The molecule has 0 bridgehead atoms. The number of carbonyl (C=O) groups is 2. The van der Waals surface area contributed by atoms with Gasteiger partial charge in [-0.25, -0.2) is 9.79 Å². The van der Waals surface area contributed by atoms with E-state index in [2.05, 4.69) is 0 Å². The zero-order valence-corrected chi connectivity index (χ0v) is 20.1. The first-order valence-corrected chi connectivity index (χ1v) is 12.0. The van der Waals surface area contributed by atoms with Gasteiger partial charge in [-0.15, -0.1) is 11.3 Å². The summed E-state index contributed by atoms with van der Waals surface area (Å²) in [6.45, 7) is 2.45. The van der Waals surface area contributed by atoms with Gasteiger partial charge in [0.15, 0.2) is 5.84 Å². The lowest BCUT2D eigenvalue weighted by Crippen LogP contribution is -2.32. The molecule has 1 aliphatic rings. The second-order valence-corrected chi connectivity index (χ2v) is 9.13. The summed E-state index contributed by atoms with van der Waals surface area (Å²) < 4.78 is 6.54. The summed E-state index contributed by atoms with van der Waals surface area (Å²) in [6.07, 6.45) is 1.64. The minimum Gasteiger partial charge on any atom is -0.494 e. The Labute approximate surface area is 210 Å². The number of carbonyl (C=O) groups excluding carboxylic acids is 1. The molecule has 1 N–H and O–H groups in total. The summed E-state index contributed by atoms with van der Waals surface area (Å²) in [5, 5.41) is 10.6. The van der Waals surface area contributed by atoms with Crippen LogP contribution in [0.25, 0.3) is 16.2 Å². The molecule has 0 atom stereocenters. The minimum absolute atomic E-state index is 0.169. The van der Waals surface area contributed by atoms with Gasteiger partial charge in [-0.05, 0) is 61.0 Å². The number of halogens is 1. The minimum atomic E-state index is -1.01. The molecule has 0 unspecified atom stereocenters. The fourth-order valence-corrected chi connectivity index (χ4v) is 5.30. The molecule has 4 aromatic rings. The summed E-state index contributed by atoms with van der Waals surface area (Å²) in [4.78, 5) is 31.7. The van der Waals surface area contributed by atoms with E-state index < -0.39 is 5.97 Å². The van der Waals surface area contributed by atoms with Crippen LogP contribution in [0.2, 0.25) is 5.02 Å². The van der Waals surface area contributed by atoms with Crippen LogP contribution in [0.3, 0.4) is 0 Å². The average Bonchev–Trinajstić information content (AvgIpc) is 3.37. The van der Waals surface area contributed by atoms with Gasteiger partial charge in [-0.1, -0.05) is 41.9 Å². The van der Waals surface area contributed by atoms with Crippen LogP contribution in [0.1, 0.15) is 27.7 Å². The van der Waals surface area contributed by atoms with Gasteiger partial charge in [-0.3, -0.25) is 9.69 Å². The van der Waals surface area contributed by atoms with Crippen LogP contribution in [0, 0.1) is 0 Å². The lowest BCUT2D eigenvalue weighted by molar-refractivity contribution is -0.113. The summed E-state index contributed by atoms with van der Waals surface area (Å²) in [5.74, 6) is -0.170. The Kier molecular flexibility index (Phi) is 6.11. The molecule has 0 radical (unpaired) electrons. The number of hydrogen-bond acceptors (Lipinski definition) is 5. The molecule has 6 nitrogen and oxygen atoms in total. The number of nitrogens with zero attached hydrogens (tertiary/aromatic N) is 2.